The summed E-state index contributed by atoms with van der Waals surface area (Å²) in [5, 5.41) is 3.22. The van der Waals surface area contributed by atoms with Crippen molar-refractivity contribution in [3.8, 4) is 0 Å². The van der Waals surface area contributed by atoms with Crippen LogP contribution in [0.1, 0.15) is 26.7 Å². The molecule has 0 aromatic heterocycles. The maximum absolute atomic E-state index is 12.0. The molecule has 0 spiro atoms. The smallest absolute Gasteiger partial charge is 0.239 e. The molecule has 17 heavy (non-hydrogen) atoms. The van der Waals surface area contributed by atoms with E-state index in [1.54, 1.807) is 0 Å². The summed E-state index contributed by atoms with van der Waals surface area (Å²) in [7, 11) is 0. The Morgan fingerprint density at radius 1 is 1.41 bits per heavy atom. The number of carbonyl (C=O) groups is 1. The Bertz CT molecular complexity index is 269. The minimum atomic E-state index is 0.00891. The SMILES string of the molecule is CCN1CCCC(CN2CCNC(C)C2=O)C1. The van der Waals surface area contributed by atoms with Crippen LogP contribution in [0, 0.1) is 5.92 Å². The predicted octanol–water partition coefficient (Wildman–Crippen LogP) is 0.539. The fourth-order valence-electron chi connectivity index (χ4n) is 2.97. The number of piperidine rings is 1. The van der Waals surface area contributed by atoms with E-state index in [0.717, 1.165) is 26.2 Å². The molecule has 2 fully saturated rings. The monoisotopic (exact) mass is 239 g/mol. The fraction of sp³-hybridized carbons (Fsp3) is 0.923. The first kappa shape index (κ1) is 12.8. The van der Waals surface area contributed by atoms with Crippen LogP contribution in [0.3, 0.4) is 0 Å². The van der Waals surface area contributed by atoms with Gasteiger partial charge in [0.05, 0.1) is 6.04 Å². The van der Waals surface area contributed by atoms with Crippen molar-refractivity contribution in [2.24, 2.45) is 5.92 Å². The van der Waals surface area contributed by atoms with Gasteiger partial charge in [-0.15, -0.1) is 0 Å². The van der Waals surface area contributed by atoms with Gasteiger partial charge in [0, 0.05) is 26.2 Å². The Morgan fingerprint density at radius 3 is 3.00 bits per heavy atom. The first-order valence-corrected chi connectivity index (χ1v) is 6.95. The van der Waals surface area contributed by atoms with E-state index in [4.69, 9.17) is 0 Å². The lowest BCUT2D eigenvalue weighted by atomic mass is 9.97. The average Bonchev–Trinajstić information content (AvgIpc) is 2.35. The molecular weight excluding hydrogens is 214 g/mol. The number of hydrogen-bond donors (Lipinski definition) is 1. The first-order chi connectivity index (χ1) is 8.20. The van der Waals surface area contributed by atoms with Crippen LogP contribution in [0.5, 0.6) is 0 Å². The second kappa shape index (κ2) is 5.83. The Labute approximate surface area is 104 Å². The third-order valence-electron chi connectivity index (χ3n) is 4.04. The van der Waals surface area contributed by atoms with Crippen LogP contribution < -0.4 is 5.32 Å². The van der Waals surface area contributed by atoms with Gasteiger partial charge in [-0.1, -0.05) is 6.92 Å². The summed E-state index contributed by atoms with van der Waals surface area (Å²) >= 11 is 0. The Morgan fingerprint density at radius 2 is 2.24 bits per heavy atom. The molecule has 2 rings (SSSR count). The van der Waals surface area contributed by atoms with Gasteiger partial charge in [-0.25, -0.2) is 0 Å². The lowest BCUT2D eigenvalue weighted by Gasteiger charge is -2.38. The lowest BCUT2D eigenvalue weighted by Crippen LogP contribution is -2.55. The summed E-state index contributed by atoms with van der Waals surface area (Å²) in [6, 6.07) is 0.00891. The standard InChI is InChI=1S/C13H25N3O/c1-3-15-7-4-5-12(9-15)10-16-8-6-14-11(2)13(16)17/h11-12,14H,3-10H2,1-2H3. The van der Waals surface area contributed by atoms with Crippen LogP contribution in [-0.4, -0.2) is 61.0 Å². The summed E-state index contributed by atoms with van der Waals surface area (Å²) < 4.78 is 0. The van der Waals surface area contributed by atoms with Gasteiger partial charge in [-0.3, -0.25) is 4.79 Å². The molecule has 2 heterocycles. The number of likely N-dealkylation sites (tertiary alicyclic amines) is 1. The summed E-state index contributed by atoms with van der Waals surface area (Å²) in [6.45, 7) is 10.5. The third-order valence-corrected chi connectivity index (χ3v) is 4.04. The molecule has 0 radical (unpaired) electrons. The number of piperazine rings is 1. The molecule has 98 valence electrons. The molecule has 0 saturated carbocycles. The second-order valence-corrected chi connectivity index (χ2v) is 5.36. The van der Waals surface area contributed by atoms with Crippen LogP contribution in [0.2, 0.25) is 0 Å². The highest BCUT2D eigenvalue weighted by molar-refractivity contribution is 5.82. The van der Waals surface area contributed by atoms with Crippen LogP contribution in [0.15, 0.2) is 0 Å². The van der Waals surface area contributed by atoms with Crippen LogP contribution in [0.4, 0.5) is 0 Å². The predicted molar refractivity (Wildman–Crippen MR) is 68.9 cm³/mol. The fourth-order valence-corrected chi connectivity index (χ4v) is 2.97. The highest BCUT2D eigenvalue weighted by Crippen LogP contribution is 2.18. The molecule has 0 bridgehead atoms. The van der Waals surface area contributed by atoms with E-state index < -0.39 is 0 Å². The molecule has 2 unspecified atom stereocenters. The normalized spacial score (nSPS) is 31.9. The zero-order valence-electron chi connectivity index (χ0n) is 11.1. The third kappa shape index (κ3) is 3.19. The van der Waals surface area contributed by atoms with Gasteiger partial charge in [-0.2, -0.15) is 0 Å². The highest BCUT2D eigenvalue weighted by atomic mass is 16.2. The molecule has 0 aromatic rings. The number of amides is 1. The largest absolute Gasteiger partial charge is 0.340 e. The van der Waals surface area contributed by atoms with Gasteiger partial charge < -0.3 is 15.1 Å². The van der Waals surface area contributed by atoms with Gasteiger partial charge in [0.2, 0.25) is 5.91 Å². The van der Waals surface area contributed by atoms with Crippen molar-refractivity contribution in [1.29, 1.82) is 0 Å². The summed E-state index contributed by atoms with van der Waals surface area (Å²) in [5.74, 6) is 0.961. The Balaban J connectivity index is 1.85. The number of rotatable bonds is 3. The molecule has 2 atom stereocenters. The van der Waals surface area contributed by atoms with E-state index in [9.17, 15) is 4.79 Å². The molecular formula is C13H25N3O. The average molecular weight is 239 g/mol. The zero-order valence-corrected chi connectivity index (χ0v) is 11.1. The van der Waals surface area contributed by atoms with Crippen molar-refractivity contribution in [2.75, 3.05) is 39.3 Å². The maximum atomic E-state index is 12.0. The van der Waals surface area contributed by atoms with E-state index in [1.165, 1.54) is 25.9 Å². The second-order valence-electron chi connectivity index (χ2n) is 5.36. The van der Waals surface area contributed by atoms with Crippen molar-refractivity contribution in [2.45, 2.75) is 32.7 Å². The van der Waals surface area contributed by atoms with E-state index in [1.807, 2.05) is 6.92 Å². The first-order valence-electron chi connectivity index (χ1n) is 6.95. The van der Waals surface area contributed by atoms with E-state index in [2.05, 4.69) is 22.0 Å². The van der Waals surface area contributed by atoms with E-state index in [-0.39, 0.29) is 11.9 Å². The lowest BCUT2D eigenvalue weighted by molar-refractivity contribution is -0.136. The number of nitrogens with one attached hydrogen (secondary N) is 1. The Hall–Kier alpha value is -0.610. The number of carbonyl (C=O) groups excluding carboxylic acids is 1. The van der Waals surface area contributed by atoms with Gasteiger partial charge in [-0.05, 0) is 38.8 Å². The minimum Gasteiger partial charge on any atom is -0.340 e. The summed E-state index contributed by atoms with van der Waals surface area (Å²) in [4.78, 5) is 16.6. The highest BCUT2D eigenvalue weighted by Gasteiger charge is 2.28. The van der Waals surface area contributed by atoms with Gasteiger partial charge in [0.1, 0.15) is 0 Å². The van der Waals surface area contributed by atoms with Crippen molar-refractivity contribution in [3.05, 3.63) is 0 Å². The minimum absolute atomic E-state index is 0.00891. The quantitative estimate of drug-likeness (QED) is 0.781. The molecule has 2 aliphatic rings. The molecule has 1 amide bonds. The van der Waals surface area contributed by atoms with Crippen LogP contribution in [-0.2, 0) is 4.79 Å². The van der Waals surface area contributed by atoms with Gasteiger partial charge >= 0.3 is 0 Å². The zero-order chi connectivity index (χ0) is 12.3. The molecule has 4 nitrogen and oxygen atoms in total. The van der Waals surface area contributed by atoms with Crippen LogP contribution >= 0.6 is 0 Å². The van der Waals surface area contributed by atoms with E-state index in [0.29, 0.717) is 5.92 Å². The molecule has 0 aromatic carbocycles. The van der Waals surface area contributed by atoms with Gasteiger partial charge in [0.25, 0.3) is 0 Å². The number of hydrogen-bond acceptors (Lipinski definition) is 3. The maximum Gasteiger partial charge on any atom is 0.239 e. The van der Waals surface area contributed by atoms with E-state index >= 15 is 0 Å². The Kier molecular flexibility index (Phi) is 4.40. The number of nitrogens with zero attached hydrogens (tertiary/aromatic N) is 2. The molecule has 0 aliphatic carbocycles. The van der Waals surface area contributed by atoms with Crippen molar-refractivity contribution in [3.63, 3.8) is 0 Å². The van der Waals surface area contributed by atoms with Crippen molar-refractivity contribution >= 4 is 5.91 Å². The summed E-state index contributed by atoms with van der Waals surface area (Å²) in [6.07, 6.45) is 2.57. The molecule has 2 aliphatic heterocycles. The molecule has 1 N–H and O–H groups in total. The topological polar surface area (TPSA) is 35.6 Å². The van der Waals surface area contributed by atoms with Crippen molar-refractivity contribution in [1.82, 2.24) is 15.1 Å². The summed E-state index contributed by atoms with van der Waals surface area (Å²) in [5.41, 5.74) is 0. The van der Waals surface area contributed by atoms with Gasteiger partial charge in [0.15, 0.2) is 0 Å². The molecule has 2 saturated heterocycles. The molecule has 4 heteroatoms. The van der Waals surface area contributed by atoms with Crippen LogP contribution in [0.25, 0.3) is 0 Å². The van der Waals surface area contributed by atoms with Crippen molar-refractivity contribution < 1.29 is 4.79 Å².